The van der Waals surface area contributed by atoms with E-state index in [-0.39, 0.29) is 5.78 Å². The Hall–Kier alpha value is -1.58. The number of carbonyl (C=O) groups is 1. The van der Waals surface area contributed by atoms with Gasteiger partial charge in [-0.2, -0.15) is 0 Å². The molecule has 1 aromatic carbocycles. The van der Waals surface area contributed by atoms with Crippen LogP contribution in [0.2, 0.25) is 5.02 Å². The van der Waals surface area contributed by atoms with E-state index < -0.39 is 0 Å². The lowest BCUT2D eigenvalue weighted by Gasteiger charge is -2.25. The van der Waals surface area contributed by atoms with Crippen molar-refractivity contribution >= 4 is 17.4 Å². The van der Waals surface area contributed by atoms with Crippen LogP contribution in [0.15, 0.2) is 30.3 Å². The minimum Gasteiger partial charge on any atom is -0.317 e. The summed E-state index contributed by atoms with van der Waals surface area (Å²) in [4.78, 5) is 15.3. The van der Waals surface area contributed by atoms with E-state index in [2.05, 4.69) is 22.5 Å². The van der Waals surface area contributed by atoms with Crippen molar-refractivity contribution in [2.75, 3.05) is 19.6 Å². The molecule has 2 fully saturated rings. The minimum absolute atomic E-state index is 0.258. The molecular formula is C21H25ClN2O. The number of rotatable bonds is 5. The first-order valence-corrected chi connectivity index (χ1v) is 9.75. The molecule has 2 aliphatic rings. The van der Waals surface area contributed by atoms with Crippen molar-refractivity contribution in [1.29, 1.82) is 0 Å². The molecule has 0 bridgehead atoms. The SMILES string of the molecule is Cc1c(C(=O)CN2CCCCC2)cc(C2CC2)n1-c1ccc(Cl)cc1. The summed E-state index contributed by atoms with van der Waals surface area (Å²) in [6.45, 7) is 4.73. The second-order valence-corrected chi connectivity index (χ2v) is 7.85. The Labute approximate surface area is 154 Å². The summed E-state index contributed by atoms with van der Waals surface area (Å²) in [7, 11) is 0. The average Bonchev–Trinajstić information content (AvgIpc) is 3.40. The molecule has 1 aliphatic heterocycles. The first kappa shape index (κ1) is 16.9. The van der Waals surface area contributed by atoms with E-state index in [4.69, 9.17) is 11.6 Å². The highest BCUT2D eigenvalue weighted by molar-refractivity contribution is 6.30. The molecule has 2 aromatic rings. The molecule has 3 nitrogen and oxygen atoms in total. The summed E-state index contributed by atoms with van der Waals surface area (Å²) >= 11 is 6.05. The Morgan fingerprint density at radius 2 is 1.80 bits per heavy atom. The van der Waals surface area contributed by atoms with Gasteiger partial charge in [0.2, 0.25) is 0 Å². The Balaban J connectivity index is 1.65. The number of halogens is 1. The molecule has 0 N–H and O–H groups in total. The first-order chi connectivity index (χ1) is 12.1. The van der Waals surface area contributed by atoms with Gasteiger partial charge in [-0.15, -0.1) is 0 Å². The zero-order valence-corrected chi connectivity index (χ0v) is 15.6. The van der Waals surface area contributed by atoms with Gasteiger partial charge >= 0.3 is 0 Å². The van der Waals surface area contributed by atoms with Crippen LogP contribution in [-0.2, 0) is 0 Å². The van der Waals surface area contributed by atoms with Crippen LogP contribution in [0.5, 0.6) is 0 Å². The maximum Gasteiger partial charge on any atom is 0.178 e. The molecule has 1 aliphatic carbocycles. The standard InChI is InChI=1S/C21H25ClN2O/c1-15-19(21(25)14-23-11-3-2-4-12-23)13-20(16-5-6-16)24(15)18-9-7-17(22)8-10-18/h7-10,13,16H,2-6,11-12,14H2,1H3. The molecule has 1 saturated heterocycles. The lowest BCUT2D eigenvalue weighted by atomic mass is 10.1. The van der Waals surface area contributed by atoms with E-state index in [9.17, 15) is 4.79 Å². The number of benzene rings is 1. The molecule has 4 heteroatoms. The number of ketones is 1. The summed E-state index contributed by atoms with van der Waals surface area (Å²) in [5.74, 6) is 0.847. The highest BCUT2D eigenvalue weighted by atomic mass is 35.5. The van der Waals surface area contributed by atoms with Crippen molar-refractivity contribution in [3.8, 4) is 5.69 Å². The lowest BCUT2D eigenvalue weighted by Crippen LogP contribution is -2.34. The monoisotopic (exact) mass is 356 g/mol. The molecule has 25 heavy (non-hydrogen) atoms. The summed E-state index contributed by atoms with van der Waals surface area (Å²) < 4.78 is 2.26. The summed E-state index contributed by atoms with van der Waals surface area (Å²) in [5.41, 5.74) is 4.33. The predicted octanol–water partition coefficient (Wildman–Crippen LogP) is 4.99. The van der Waals surface area contributed by atoms with Gasteiger partial charge in [-0.05, 0) is 81.9 Å². The van der Waals surface area contributed by atoms with Crippen molar-refractivity contribution < 1.29 is 4.79 Å². The minimum atomic E-state index is 0.258. The van der Waals surface area contributed by atoms with Gasteiger partial charge in [0, 0.05) is 27.7 Å². The smallest absolute Gasteiger partial charge is 0.178 e. The number of Topliss-reactive ketones (excluding diaryl/α,β-unsaturated/α-hetero) is 1. The lowest BCUT2D eigenvalue weighted by molar-refractivity contribution is 0.0915. The van der Waals surface area contributed by atoms with Crippen LogP contribution in [0.1, 0.15) is 59.8 Å². The van der Waals surface area contributed by atoms with Gasteiger partial charge in [0.25, 0.3) is 0 Å². The number of hydrogen-bond donors (Lipinski definition) is 0. The zero-order valence-electron chi connectivity index (χ0n) is 14.8. The van der Waals surface area contributed by atoms with Crippen LogP contribution in [0.25, 0.3) is 5.69 Å². The van der Waals surface area contributed by atoms with E-state index >= 15 is 0 Å². The molecule has 1 aromatic heterocycles. The summed E-state index contributed by atoms with van der Waals surface area (Å²) in [5, 5.41) is 0.739. The third-order valence-corrected chi connectivity index (χ3v) is 5.72. The Morgan fingerprint density at radius 3 is 2.44 bits per heavy atom. The molecular weight excluding hydrogens is 332 g/mol. The van der Waals surface area contributed by atoms with Crippen molar-refractivity contribution in [2.45, 2.75) is 44.9 Å². The van der Waals surface area contributed by atoms with Crippen LogP contribution in [0.4, 0.5) is 0 Å². The second-order valence-electron chi connectivity index (χ2n) is 7.41. The largest absolute Gasteiger partial charge is 0.317 e. The number of hydrogen-bond acceptors (Lipinski definition) is 2. The Bertz CT molecular complexity index is 768. The normalized spacial score (nSPS) is 18.5. The summed E-state index contributed by atoms with van der Waals surface area (Å²) in [6.07, 6.45) is 6.16. The van der Waals surface area contributed by atoms with E-state index in [0.717, 1.165) is 35.1 Å². The molecule has 0 radical (unpaired) electrons. The van der Waals surface area contributed by atoms with Crippen LogP contribution < -0.4 is 0 Å². The number of likely N-dealkylation sites (tertiary alicyclic amines) is 1. The topological polar surface area (TPSA) is 25.2 Å². The maximum atomic E-state index is 13.0. The third kappa shape index (κ3) is 3.54. The third-order valence-electron chi connectivity index (χ3n) is 5.47. The van der Waals surface area contributed by atoms with Crippen LogP contribution in [-0.4, -0.2) is 34.9 Å². The van der Waals surface area contributed by atoms with Crippen molar-refractivity contribution in [3.63, 3.8) is 0 Å². The summed E-state index contributed by atoms with van der Waals surface area (Å²) in [6, 6.07) is 10.1. The van der Waals surface area contributed by atoms with Crippen LogP contribution in [0.3, 0.4) is 0 Å². The molecule has 0 amide bonds. The number of aromatic nitrogens is 1. The van der Waals surface area contributed by atoms with Gasteiger partial charge < -0.3 is 4.57 Å². The van der Waals surface area contributed by atoms with Gasteiger partial charge in [-0.3, -0.25) is 9.69 Å². The van der Waals surface area contributed by atoms with E-state index in [0.29, 0.717) is 12.5 Å². The highest BCUT2D eigenvalue weighted by Gasteiger charge is 2.30. The fourth-order valence-electron chi connectivity index (χ4n) is 3.93. The van der Waals surface area contributed by atoms with E-state index in [1.54, 1.807) is 0 Å². The molecule has 0 unspecified atom stereocenters. The quantitative estimate of drug-likeness (QED) is 0.705. The molecule has 1 saturated carbocycles. The fourth-order valence-corrected chi connectivity index (χ4v) is 4.06. The van der Waals surface area contributed by atoms with Crippen LogP contribution >= 0.6 is 11.6 Å². The first-order valence-electron chi connectivity index (χ1n) is 9.37. The Kier molecular flexibility index (Phi) is 4.70. The molecule has 0 spiro atoms. The number of carbonyl (C=O) groups excluding carboxylic acids is 1. The van der Waals surface area contributed by atoms with Crippen molar-refractivity contribution in [2.24, 2.45) is 0 Å². The van der Waals surface area contributed by atoms with E-state index in [1.165, 1.54) is 37.8 Å². The van der Waals surface area contributed by atoms with E-state index in [1.807, 2.05) is 24.3 Å². The number of piperidine rings is 1. The van der Waals surface area contributed by atoms with Crippen molar-refractivity contribution in [3.05, 3.63) is 52.3 Å². The Morgan fingerprint density at radius 1 is 1.12 bits per heavy atom. The molecule has 4 rings (SSSR count). The van der Waals surface area contributed by atoms with Crippen molar-refractivity contribution in [1.82, 2.24) is 9.47 Å². The maximum absolute atomic E-state index is 13.0. The molecule has 132 valence electrons. The zero-order chi connectivity index (χ0) is 17.4. The molecule has 0 atom stereocenters. The van der Waals surface area contributed by atoms with Gasteiger partial charge in [-0.25, -0.2) is 0 Å². The molecule has 2 heterocycles. The highest BCUT2D eigenvalue weighted by Crippen LogP contribution is 2.43. The van der Waals surface area contributed by atoms with Crippen LogP contribution in [0, 0.1) is 6.92 Å². The fraction of sp³-hybridized carbons (Fsp3) is 0.476. The van der Waals surface area contributed by atoms with Gasteiger partial charge in [0.1, 0.15) is 0 Å². The average molecular weight is 357 g/mol. The van der Waals surface area contributed by atoms with Gasteiger partial charge in [0.15, 0.2) is 5.78 Å². The number of nitrogens with zero attached hydrogens (tertiary/aromatic N) is 2. The predicted molar refractivity (Wildman–Crippen MR) is 102 cm³/mol. The van der Waals surface area contributed by atoms with Gasteiger partial charge in [-0.1, -0.05) is 18.0 Å². The van der Waals surface area contributed by atoms with Gasteiger partial charge in [0.05, 0.1) is 6.54 Å². The second kappa shape index (κ2) is 6.97.